The van der Waals surface area contributed by atoms with E-state index in [-0.39, 0.29) is 29.5 Å². The molecule has 1 aromatic carbocycles. The molecule has 4 rings (SSSR count). The lowest BCUT2D eigenvalue weighted by Gasteiger charge is -2.27. The number of fused-ring (bicyclic) bond motifs is 1. The third-order valence-corrected chi connectivity index (χ3v) is 9.02. The van der Waals surface area contributed by atoms with Crippen LogP contribution < -0.4 is 5.32 Å². The van der Waals surface area contributed by atoms with E-state index in [0.29, 0.717) is 44.7 Å². The summed E-state index contributed by atoms with van der Waals surface area (Å²) in [5, 5.41) is 2.92. The number of nitrogens with one attached hydrogen (secondary N) is 1. The van der Waals surface area contributed by atoms with Gasteiger partial charge >= 0.3 is 6.18 Å². The maximum absolute atomic E-state index is 12.9. The molecule has 0 saturated carbocycles. The quantitative estimate of drug-likeness (QED) is 0.545. The van der Waals surface area contributed by atoms with Gasteiger partial charge in [-0.2, -0.15) is 13.2 Å². The van der Waals surface area contributed by atoms with Crippen LogP contribution in [0.3, 0.4) is 0 Å². The minimum Gasteiger partial charge on any atom is -0.352 e. The van der Waals surface area contributed by atoms with Gasteiger partial charge in [0.1, 0.15) is 0 Å². The van der Waals surface area contributed by atoms with E-state index in [0.717, 1.165) is 29.0 Å². The maximum atomic E-state index is 12.9. The highest BCUT2D eigenvalue weighted by Crippen LogP contribution is 2.39. The number of hydrogen-bond donors (Lipinski definition) is 1. The average molecular weight is 539 g/mol. The van der Waals surface area contributed by atoms with Crippen molar-refractivity contribution in [2.24, 2.45) is 11.8 Å². The van der Waals surface area contributed by atoms with Gasteiger partial charge in [0, 0.05) is 38.9 Å². The molecule has 0 radical (unpaired) electrons. The number of benzene rings is 1. The van der Waals surface area contributed by atoms with E-state index in [9.17, 15) is 26.4 Å². The second-order valence-corrected chi connectivity index (χ2v) is 12.4. The molecule has 2 aromatic rings. The Hall–Kier alpha value is -2.50. The number of pyridine rings is 1. The standard InChI is InChI=1S/C26H33F3N4O3S/c1-4-37(35,36)33-10-9-19(15-33)12-31-25(34)20-11-21-16-32(24(17(2)3)23(21)30-13-20)14-18-5-7-22(8-6-18)26(27,28)29/h5-8,11,13,17,19,24H,4,9-10,12,14-16H2,1-3H3,(H,31,34). The molecule has 1 saturated heterocycles. The largest absolute Gasteiger partial charge is 0.416 e. The molecule has 2 unspecified atom stereocenters. The fraction of sp³-hybridized carbons (Fsp3) is 0.538. The average Bonchev–Trinajstić information content (AvgIpc) is 3.46. The summed E-state index contributed by atoms with van der Waals surface area (Å²) in [5.41, 5.74) is 2.36. The fourth-order valence-electron chi connectivity index (χ4n) is 5.19. The molecule has 11 heteroatoms. The van der Waals surface area contributed by atoms with Crippen LogP contribution in [-0.2, 0) is 29.3 Å². The third kappa shape index (κ3) is 6.15. The maximum Gasteiger partial charge on any atom is 0.416 e. The van der Waals surface area contributed by atoms with Crippen molar-refractivity contribution in [3.8, 4) is 0 Å². The third-order valence-electron chi connectivity index (χ3n) is 7.17. The molecule has 2 aliphatic heterocycles. The van der Waals surface area contributed by atoms with E-state index in [4.69, 9.17) is 0 Å². The zero-order valence-electron chi connectivity index (χ0n) is 21.3. The molecule has 7 nitrogen and oxygen atoms in total. The van der Waals surface area contributed by atoms with Crippen LogP contribution in [0.5, 0.6) is 0 Å². The highest BCUT2D eigenvalue weighted by molar-refractivity contribution is 7.89. The van der Waals surface area contributed by atoms with Crippen molar-refractivity contribution in [3.05, 3.63) is 64.5 Å². The van der Waals surface area contributed by atoms with Crippen molar-refractivity contribution in [2.45, 2.75) is 52.5 Å². The van der Waals surface area contributed by atoms with E-state index >= 15 is 0 Å². The van der Waals surface area contributed by atoms with Crippen LogP contribution in [0, 0.1) is 11.8 Å². The molecule has 3 heterocycles. The van der Waals surface area contributed by atoms with Gasteiger partial charge in [-0.25, -0.2) is 12.7 Å². The zero-order chi connectivity index (χ0) is 27.0. The van der Waals surface area contributed by atoms with Gasteiger partial charge in [-0.05, 0) is 54.5 Å². The van der Waals surface area contributed by atoms with Crippen LogP contribution in [0.2, 0.25) is 0 Å². The lowest BCUT2D eigenvalue weighted by atomic mass is 9.99. The first-order valence-electron chi connectivity index (χ1n) is 12.5. The predicted octanol–water partition coefficient (Wildman–Crippen LogP) is 4.21. The molecule has 2 aliphatic rings. The summed E-state index contributed by atoms with van der Waals surface area (Å²) in [6, 6.07) is 7.04. The Morgan fingerprint density at radius 1 is 1.22 bits per heavy atom. The molecule has 2 atom stereocenters. The smallest absolute Gasteiger partial charge is 0.352 e. The molecule has 37 heavy (non-hydrogen) atoms. The molecule has 1 amide bonds. The van der Waals surface area contributed by atoms with E-state index in [1.165, 1.54) is 16.4 Å². The summed E-state index contributed by atoms with van der Waals surface area (Å²) in [7, 11) is -3.22. The number of rotatable bonds is 8. The van der Waals surface area contributed by atoms with Crippen LogP contribution >= 0.6 is 0 Å². The Kier molecular flexibility index (Phi) is 7.96. The number of alkyl halides is 3. The van der Waals surface area contributed by atoms with E-state index < -0.39 is 21.8 Å². The van der Waals surface area contributed by atoms with Crippen molar-refractivity contribution in [2.75, 3.05) is 25.4 Å². The number of carbonyl (C=O) groups excluding carboxylic acids is 1. The Bertz CT molecular complexity index is 1230. The second kappa shape index (κ2) is 10.7. The minimum atomic E-state index is -4.37. The number of carbonyl (C=O) groups is 1. The number of halogens is 3. The summed E-state index contributed by atoms with van der Waals surface area (Å²) in [5.74, 6) is 0.0966. The minimum absolute atomic E-state index is 0.0145. The molecule has 202 valence electrons. The summed E-state index contributed by atoms with van der Waals surface area (Å²) < 4.78 is 64.4. The lowest BCUT2D eigenvalue weighted by molar-refractivity contribution is -0.137. The van der Waals surface area contributed by atoms with Gasteiger partial charge in [0.25, 0.3) is 5.91 Å². The van der Waals surface area contributed by atoms with Gasteiger partial charge in [-0.15, -0.1) is 0 Å². The normalized spacial score (nSPS) is 20.9. The molecule has 0 spiro atoms. The predicted molar refractivity (Wildman–Crippen MR) is 134 cm³/mol. The summed E-state index contributed by atoms with van der Waals surface area (Å²) >= 11 is 0. The molecular weight excluding hydrogens is 505 g/mol. The Morgan fingerprint density at radius 3 is 2.54 bits per heavy atom. The highest BCUT2D eigenvalue weighted by Gasteiger charge is 2.35. The number of sulfonamides is 1. The monoisotopic (exact) mass is 538 g/mol. The molecule has 0 aliphatic carbocycles. The number of nitrogens with zero attached hydrogens (tertiary/aromatic N) is 3. The Morgan fingerprint density at radius 2 is 1.92 bits per heavy atom. The zero-order valence-corrected chi connectivity index (χ0v) is 22.1. The van der Waals surface area contributed by atoms with Crippen molar-refractivity contribution >= 4 is 15.9 Å². The van der Waals surface area contributed by atoms with Crippen molar-refractivity contribution in [3.63, 3.8) is 0 Å². The van der Waals surface area contributed by atoms with Crippen LogP contribution in [-0.4, -0.2) is 53.9 Å². The van der Waals surface area contributed by atoms with Crippen molar-refractivity contribution in [1.29, 1.82) is 0 Å². The number of amides is 1. The Balaban J connectivity index is 1.41. The van der Waals surface area contributed by atoms with Crippen LogP contribution in [0.25, 0.3) is 0 Å². The second-order valence-electron chi connectivity index (χ2n) is 10.2. The highest BCUT2D eigenvalue weighted by atomic mass is 32.2. The van der Waals surface area contributed by atoms with E-state index in [1.807, 2.05) is 6.07 Å². The van der Waals surface area contributed by atoms with Crippen LogP contribution in [0.4, 0.5) is 13.2 Å². The first-order valence-corrected chi connectivity index (χ1v) is 14.1. The van der Waals surface area contributed by atoms with Crippen LogP contribution in [0.15, 0.2) is 36.5 Å². The topological polar surface area (TPSA) is 82.6 Å². The van der Waals surface area contributed by atoms with E-state index in [1.54, 1.807) is 13.1 Å². The van der Waals surface area contributed by atoms with E-state index in [2.05, 4.69) is 29.0 Å². The molecular formula is C26H33F3N4O3S. The fourth-order valence-corrected chi connectivity index (χ4v) is 6.38. The van der Waals surface area contributed by atoms with Gasteiger partial charge in [0.05, 0.1) is 28.6 Å². The Labute approximate surface area is 216 Å². The number of aromatic nitrogens is 1. The molecule has 1 fully saturated rings. The van der Waals surface area contributed by atoms with Gasteiger partial charge in [0.2, 0.25) is 10.0 Å². The van der Waals surface area contributed by atoms with Gasteiger partial charge in [-0.3, -0.25) is 14.7 Å². The van der Waals surface area contributed by atoms with Crippen molar-refractivity contribution < 1.29 is 26.4 Å². The summed E-state index contributed by atoms with van der Waals surface area (Å²) in [6.07, 6.45) is -2.10. The lowest BCUT2D eigenvalue weighted by Crippen LogP contribution is -2.33. The SMILES string of the molecule is CCS(=O)(=O)N1CCC(CNC(=O)c2cnc3c(c2)CN(Cc2ccc(C(F)(F)F)cc2)C3C(C)C)C1. The molecule has 1 N–H and O–H groups in total. The summed E-state index contributed by atoms with van der Waals surface area (Å²) in [4.78, 5) is 19.6. The first-order chi connectivity index (χ1) is 17.4. The van der Waals surface area contributed by atoms with Gasteiger partial charge < -0.3 is 5.32 Å². The molecule has 0 bridgehead atoms. The molecule has 1 aromatic heterocycles. The van der Waals surface area contributed by atoms with Crippen LogP contribution in [0.1, 0.15) is 66.0 Å². The summed E-state index contributed by atoms with van der Waals surface area (Å²) in [6.45, 7) is 8.06. The van der Waals surface area contributed by atoms with Gasteiger partial charge in [-0.1, -0.05) is 26.0 Å². The number of hydrogen-bond acceptors (Lipinski definition) is 5. The van der Waals surface area contributed by atoms with Crippen molar-refractivity contribution in [1.82, 2.24) is 19.5 Å². The van der Waals surface area contributed by atoms with Gasteiger partial charge in [0.15, 0.2) is 0 Å². The first kappa shape index (κ1) is 27.5.